The second-order valence-corrected chi connectivity index (χ2v) is 5.71. The van der Waals surface area contributed by atoms with E-state index in [1.807, 2.05) is 25.1 Å². The van der Waals surface area contributed by atoms with Crippen LogP contribution in [0.25, 0.3) is 0 Å². The zero-order chi connectivity index (χ0) is 13.4. The molecule has 1 aromatic carbocycles. The molecule has 0 aliphatic heterocycles. The summed E-state index contributed by atoms with van der Waals surface area (Å²) in [4.78, 5) is 0.163. The average Bonchev–Trinajstić information content (AvgIpc) is 2.38. The molecule has 0 amide bonds. The Bertz CT molecular complexity index is 556. The summed E-state index contributed by atoms with van der Waals surface area (Å²) in [6.07, 6.45) is 3.65. The van der Waals surface area contributed by atoms with E-state index < -0.39 is 9.84 Å². The molecule has 0 aliphatic rings. The second-order valence-electron chi connectivity index (χ2n) is 3.60. The minimum absolute atomic E-state index is 0.0839. The van der Waals surface area contributed by atoms with Gasteiger partial charge in [0.05, 0.1) is 35.5 Å². The molecule has 4 nitrogen and oxygen atoms in total. The van der Waals surface area contributed by atoms with Gasteiger partial charge in [0.25, 0.3) is 0 Å². The summed E-state index contributed by atoms with van der Waals surface area (Å²) in [5, 5.41) is 8.72. The first-order chi connectivity index (χ1) is 8.60. The minimum atomic E-state index is -3.38. The summed E-state index contributed by atoms with van der Waals surface area (Å²) < 4.78 is 29.0. The van der Waals surface area contributed by atoms with E-state index in [4.69, 9.17) is 10.00 Å². The molecule has 0 aromatic heterocycles. The number of nitrogens with zero attached hydrogens (tertiary/aromatic N) is 1. The Kier molecular flexibility index (Phi) is 5.56. The van der Waals surface area contributed by atoms with Crippen LogP contribution in [-0.4, -0.2) is 27.4 Å². The lowest BCUT2D eigenvalue weighted by Gasteiger charge is -2.04. The maximum atomic E-state index is 11.9. The standard InChI is InChI=1S/C13H15NO3S/c1-2-3-7-17-8-9-18(15,16)13-6-4-5-12(10-13)11-14/h2-6,10H,7-9H2,1H3/b3-2+. The molecule has 0 saturated heterocycles. The third-order valence-electron chi connectivity index (χ3n) is 2.27. The number of nitriles is 1. The van der Waals surface area contributed by atoms with Gasteiger partial charge in [-0.25, -0.2) is 8.42 Å². The Labute approximate surface area is 107 Å². The number of benzene rings is 1. The normalized spacial score (nSPS) is 11.6. The van der Waals surface area contributed by atoms with Crippen LogP contribution in [0.15, 0.2) is 41.3 Å². The molecule has 5 heteroatoms. The molecule has 0 N–H and O–H groups in total. The highest BCUT2D eigenvalue weighted by molar-refractivity contribution is 7.91. The molecule has 1 aromatic rings. The van der Waals surface area contributed by atoms with Gasteiger partial charge >= 0.3 is 0 Å². The summed E-state index contributed by atoms with van der Waals surface area (Å²) in [7, 11) is -3.38. The summed E-state index contributed by atoms with van der Waals surface area (Å²) in [6.45, 7) is 2.42. The van der Waals surface area contributed by atoms with Crippen molar-refractivity contribution in [2.24, 2.45) is 0 Å². The molecule has 0 aliphatic carbocycles. The topological polar surface area (TPSA) is 67.2 Å². The molecule has 0 fully saturated rings. The highest BCUT2D eigenvalue weighted by Gasteiger charge is 2.14. The zero-order valence-electron chi connectivity index (χ0n) is 10.2. The van der Waals surface area contributed by atoms with Gasteiger partial charge in [0, 0.05) is 0 Å². The monoisotopic (exact) mass is 265 g/mol. The van der Waals surface area contributed by atoms with E-state index in [1.165, 1.54) is 12.1 Å². The molecule has 96 valence electrons. The molecule has 0 atom stereocenters. The lowest BCUT2D eigenvalue weighted by atomic mass is 10.2. The number of allylic oxidation sites excluding steroid dienone is 1. The molecule has 0 saturated carbocycles. The summed E-state index contributed by atoms with van der Waals surface area (Å²) in [5.74, 6) is -0.0839. The Morgan fingerprint density at radius 1 is 1.44 bits per heavy atom. The average molecular weight is 265 g/mol. The van der Waals surface area contributed by atoms with Gasteiger partial charge in [-0.1, -0.05) is 18.2 Å². The SMILES string of the molecule is C/C=C/COCCS(=O)(=O)c1cccc(C#N)c1. The molecule has 0 bridgehead atoms. The maximum absolute atomic E-state index is 11.9. The van der Waals surface area contributed by atoms with Crippen molar-refractivity contribution in [2.45, 2.75) is 11.8 Å². The van der Waals surface area contributed by atoms with Gasteiger partial charge in [-0.05, 0) is 25.1 Å². The van der Waals surface area contributed by atoms with Gasteiger partial charge in [0.2, 0.25) is 0 Å². The van der Waals surface area contributed by atoms with Gasteiger partial charge in [0.1, 0.15) is 0 Å². The van der Waals surface area contributed by atoms with Gasteiger partial charge in [-0.2, -0.15) is 5.26 Å². The van der Waals surface area contributed by atoms with Crippen LogP contribution in [0.2, 0.25) is 0 Å². The number of rotatable bonds is 6. The smallest absolute Gasteiger partial charge is 0.180 e. The van der Waals surface area contributed by atoms with E-state index in [9.17, 15) is 8.42 Å². The van der Waals surface area contributed by atoms with E-state index in [0.717, 1.165) is 0 Å². The lowest BCUT2D eigenvalue weighted by molar-refractivity contribution is 0.179. The van der Waals surface area contributed by atoms with Gasteiger partial charge in [-0.3, -0.25) is 0 Å². The van der Waals surface area contributed by atoms with E-state index in [1.54, 1.807) is 12.1 Å². The van der Waals surface area contributed by atoms with E-state index >= 15 is 0 Å². The minimum Gasteiger partial charge on any atom is -0.376 e. The molecular weight excluding hydrogens is 250 g/mol. The van der Waals surface area contributed by atoms with E-state index in [0.29, 0.717) is 12.2 Å². The maximum Gasteiger partial charge on any atom is 0.180 e. The van der Waals surface area contributed by atoms with Crippen molar-refractivity contribution in [2.75, 3.05) is 19.0 Å². The van der Waals surface area contributed by atoms with Crippen molar-refractivity contribution in [3.63, 3.8) is 0 Å². The number of sulfone groups is 1. The Morgan fingerprint density at radius 3 is 2.89 bits per heavy atom. The number of hydrogen-bond acceptors (Lipinski definition) is 4. The molecule has 0 unspecified atom stereocenters. The molecule has 18 heavy (non-hydrogen) atoms. The fourth-order valence-corrected chi connectivity index (χ4v) is 2.46. The Morgan fingerprint density at radius 2 is 2.22 bits per heavy atom. The third kappa shape index (κ3) is 4.32. The van der Waals surface area contributed by atoms with Gasteiger partial charge < -0.3 is 4.74 Å². The van der Waals surface area contributed by atoms with Crippen molar-refractivity contribution in [3.05, 3.63) is 42.0 Å². The first kappa shape index (κ1) is 14.4. The summed E-state index contributed by atoms with van der Waals surface area (Å²) in [5.41, 5.74) is 0.339. The van der Waals surface area contributed by atoms with E-state index in [-0.39, 0.29) is 17.3 Å². The molecule has 0 radical (unpaired) electrons. The van der Waals surface area contributed by atoms with Crippen molar-refractivity contribution in [1.29, 1.82) is 5.26 Å². The van der Waals surface area contributed by atoms with Gasteiger partial charge in [0.15, 0.2) is 9.84 Å². The van der Waals surface area contributed by atoms with Crippen molar-refractivity contribution in [1.82, 2.24) is 0 Å². The number of ether oxygens (including phenoxy) is 1. The Hall–Kier alpha value is -1.64. The number of hydrogen-bond donors (Lipinski definition) is 0. The first-order valence-electron chi connectivity index (χ1n) is 5.52. The summed E-state index contributed by atoms with van der Waals surface area (Å²) >= 11 is 0. The fraction of sp³-hybridized carbons (Fsp3) is 0.308. The van der Waals surface area contributed by atoms with Crippen LogP contribution >= 0.6 is 0 Å². The Balaban J connectivity index is 2.66. The van der Waals surface area contributed by atoms with Crippen LogP contribution in [0.1, 0.15) is 12.5 Å². The van der Waals surface area contributed by atoms with Gasteiger partial charge in [-0.15, -0.1) is 0 Å². The molecular formula is C13H15NO3S. The van der Waals surface area contributed by atoms with Crippen LogP contribution in [0, 0.1) is 11.3 Å². The summed E-state index contributed by atoms with van der Waals surface area (Å²) in [6, 6.07) is 7.92. The van der Waals surface area contributed by atoms with E-state index in [2.05, 4.69) is 0 Å². The highest BCUT2D eigenvalue weighted by Crippen LogP contribution is 2.12. The quantitative estimate of drug-likeness (QED) is 0.582. The third-order valence-corrected chi connectivity index (χ3v) is 3.94. The molecule has 0 spiro atoms. The predicted molar refractivity (Wildman–Crippen MR) is 68.8 cm³/mol. The second kappa shape index (κ2) is 6.94. The highest BCUT2D eigenvalue weighted by atomic mass is 32.2. The van der Waals surface area contributed by atoms with Crippen LogP contribution in [-0.2, 0) is 14.6 Å². The fourth-order valence-electron chi connectivity index (χ4n) is 1.29. The predicted octanol–water partition coefficient (Wildman–Crippen LogP) is 1.92. The first-order valence-corrected chi connectivity index (χ1v) is 7.17. The van der Waals surface area contributed by atoms with Crippen LogP contribution < -0.4 is 0 Å². The molecule has 1 rings (SSSR count). The lowest BCUT2D eigenvalue weighted by Crippen LogP contribution is -2.12. The van der Waals surface area contributed by atoms with Crippen molar-refractivity contribution in [3.8, 4) is 6.07 Å². The zero-order valence-corrected chi connectivity index (χ0v) is 11.0. The van der Waals surface area contributed by atoms with Crippen LogP contribution in [0.3, 0.4) is 0 Å². The largest absolute Gasteiger partial charge is 0.376 e. The van der Waals surface area contributed by atoms with Crippen molar-refractivity contribution >= 4 is 9.84 Å². The van der Waals surface area contributed by atoms with Crippen LogP contribution in [0.4, 0.5) is 0 Å². The van der Waals surface area contributed by atoms with Crippen molar-refractivity contribution < 1.29 is 13.2 Å². The molecule has 0 heterocycles. The van der Waals surface area contributed by atoms with Crippen LogP contribution in [0.5, 0.6) is 0 Å².